The van der Waals surface area contributed by atoms with E-state index in [1.807, 2.05) is 6.07 Å². The predicted molar refractivity (Wildman–Crippen MR) is 113 cm³/mol. The van der Waals surface area contributed by atoms with E-state index in [1.54, 1.807) is 18.5 Å². The van der Waals surface area contributed by atoms with E-state index < -0.39 is 28.7 Å². The van der Waals surface area contributed by atoms with Crippen LogP contribution < -0.4 is 0 Å². The molecule has 10 nitrogen and oxygen atoms in total. The monoisotopic (exact) mass is 439 g/mol. The lowest BCUT2D eigenvalue weighted by Gasteiger charge is -2.30. The lowest BCUT2D eigenvalue weighted by Crippen LogP contribution is -2.35. The number of non-ortho nitro benzene ring substituents is 1. The fraction of sp³-hybridized carbons (Fsp3) is 0.273. The molecule has 0 saturated carbocycles. The van der Waals surface area contributed by atoms with Crippen molar-refractivity contribution < 1.29 is 29.5 Å². The Hall–Kier alpha value is -3.92. The van der Waals surface area contributed by atoms with Crippen molar-refractivity contribution in [3.05, 3.63) is 81.3 Å². The summed E-state index contributed by atoms with van der Waals surface area (Å²) in [6.45, 7) is 1.63. The molecule has 1 aliphatic heterocycles. The Balaban J connectivity index is 1.94. The van der Waals surface area contributed by atoms with Gasteiger partial charge in [0.25, 0.3) is 5.69 Å². The number of rotatable bonds is 9. The number of nitrogens with zero attached hydrogens (tertiary/aromatic N) is 3. The Morgan fingerprint density at radius 1 is 1.22 bits per heavy atom. The molecule has 1 aromatic carbocycles. The first-order valence-electron chi connectivity index (χ1n) is 9.75. The molecule has 0 aliphatic carbocycles. The predicted octanol–water partition coefficient (Wildman–Crippen LogP) is 2.85. The third-order valence-corrected chi connectivity index (χ3v) is 5.15. The summed E-state index contributed by atoms with van der Waals surface area (Å²) in [4.78, 5) is 43.0. The van der Waals surface area contributed by atoms with Gasteiger partial charge in [-0.3, -0.25) is 24.9 Å². The number of hydrogen-bond acceptors (Lipinski definition) is 7. The molecule has 3 rings (SSSR count). The van der Waals surface area contributed by atoms with E-state index >= 15 is 0 Å². The molecular weight excluding hydrogens is 418 g/mol. The van der Waals surface area contributed by atoms with E-state index in [-0.39, 0.29) is 41.4 Å². The maximum Gasteiger partial charge on any atom is 0.334 e. The molecule has 2 aromatic rings. The summed E-state index contributed by atoms with van der Waals surface area (Å²) in [5.74, 6) is -5.05. The molecule has 2 heterocycles. The summed E-state index contributed by atoms with van der Waals surface area (Å²) < 4.78 is 5.64. The van der Waals surface area contributed by atoms with Crippen molar-refractivity contribution in [2.75, 3.05) is 13.2 Å². The largest absolute Gasteiger partial charge is 0.481 e. The normalized spacial score (nSPS) is 18.2. The SMILES string of the molecule is CC1=NC(COCCc2cccnc2)=C(C(=O)O)C(c2cccc([N+](=O)[O-])c2)C1C(=O)O. The van der Waals surface area contributed by atoms with Crippen LogP contribution in [0.4, 0.5) is 5.69 Å². The van der Waals surface area contributed by atoms with Crippen molar-refractivity contribution >= 4 is 23.3 Å². The number of carboxylic acid groups (broad SMARTS) is 2. The Labute approximate surface area is 183 Å². The van der Waals surface area contributed by atoms with Gasteiger partial charge in [0.15, 0.2) is 0 Å². The second kappa shape index (κ2) is 9.92. The van der Waals surface area contributed by atoms with E-state index in [4.69, 9.17) is 4.74 Å². The minimum absolute atomic E-state index is 0.0928. The molecular formula is C22H21N3O7. The molecule has 0 fully saturated rings. The van der Waals surface area contributed by atoms with Gasteiger partial charge < -0.3 is 14.9 Å². The molecule has 2 N–H and O–H groups in total. The Morgan fingerprint density at radius 2 is 2.00 bits per heavy atom. The van der Waals surface area contributed by atoms with Crippen LogP contribution in [0.3, 0.4) is 0 Å². The number of carboxylic acids is 2. The lowest BCUT2D eigenvalue weighted by atomic mass is 9.75. The van der Waals surface area contributed by atoms with E-state index in [9.17, 15) is 29.9 Å². The highest BCUT2D eigenvalue weighted by Gasteiger charge is 2.42. The van der Waals surface area contributed by atoms with Crippen LogP contribution in [0, 0.1) is 16.0 Å². The van der Waals surface area contributed by atoms with Gasteiger partial charge in [0.1, 0.15) is 5.92 Å². The molecule has 2 atom stereocenters. The van der Waals surface area contributed by atoms with Gasteiger partial charge in [-0.25, -0.2) is 4.79 Å². The number of ether oxygens (including phenoxy) is 1. The van der Waals surface area contributed by atoms with Gasteiger partial charge in [-0.15, -0.1) is 0 Å². The zero-order chi connectivity index (χ0) is 23.3. The minimum Gasteiger partial charge on any atom is -0.481 e. The van der Waals surface area contributed by atoms with Crippen LogP contribution in [0.5, 0.6) is 0 Å². The van der Waals surface area contributed by atoms with Crippen molar-refractivity contribution in [2.45, 2.75) is 19.3 Å². The van der Waals surface area contributed by atoms with E-state index in [0.29, 0.717) is 6.42 Å². The van der Waals surface area contributed by atoms with Crippen molar-refractivity contribution in [2.24, 2.45) is 10.9 Å². The molecule has 0 spiro atoms. The van der Waals surface area contributed by atoms with E-state index in [1.165, 1.54) is 31.2 Å². The van der Waals surface area contributed by atoms with Crippen LogP contribution in [0.2, 0.25) is 0 Å². The summed E-state index contributed by atoms with van der Waals surface area (Å²) in [5.41, 5.74) is 0.950. The highest BCUT2D eigenvalue weighted by atomic mass is 16.6. The second-order valence-electron chi connectivity index (χ2n) is 7.23. The molecule has 0 bridgehead atoms. The fourth-order valence-corrected chi connectivity index (χ4v) is 3.71. The fourth-order valence-electron chi connectivity index (χ4n) is 3.71. The number of carbonyl (C=O) groups is 2. The quantitative estimate of drug-likeness (QED) is 0.344. The Morgan fingerprint density at radius 3 is 2.62 bits per heavy atom. The van der Waals surface area contributed by atoms with Crippen LogP contribution in [0.25, 0.3) is 0 Å². The minimum atomic E-state index is -1.35. The van der Waals surface area contributed by atoms with E-state index in [2.05, 4.69) is 9.98 Å². The number of nitro benzene ring substituents is 1. The first kappa shape index (κ1) is 22.8. The summed E-state index contributed by atoms with van der Waals surface area (Å²) in [6.07, 6.45) is 3.91. The number of aliphatic carboxylic acids is 2. The van der Waals surface area contributed by atoms with Crippen molar-refractivity contribution in [3.8, 4) is 0 Å². The third kappa shape index (κ3) is 5.03. The molecule has 0 saturated heterocycles. The molecule has 32 heavy (non-hydrogen) atoms. The highest BCUT2D eigenvalue weighted by molar-refractivity contribution is 6.06. The van der Waals surface area contributed by atoms with Gasteiger partial charge in [0.2, 0.25) is 0 Å². The molecule has 0 amide bonds. The number of benzene rings is 1. The molecule has 1 aromatic heterocycles. The van der Waals surface area contributed by atoms with Gasteiger partial charge in [-0.2, -0.15) is 0 Å². The van der Waals surface area contributed by atoms with Gasteiger partial charge >= 0.3 is 11.9 Å². The summed E-state index contributed by atoms with van der Waals surface area (Å²) >= 11 is 0. The number of aliphatic imine (C=N–C) groups is 1. The molecule has 2 unspecified atom stereocenters. The maximum absolute atomic E-state index is 12.2. The molecule has 166 valence electrons. The second-order valence-corrected chi connectivity index (χ2v) is 7.23. The average Bonchev–Trinajstić information content (AvgIpc) is 2.76. The van der Waals surface area contributed by atoms with Gasteiger partial charge in [-0.05, 0) is 30.5 Å². The van der Waals surface area contributed by atoms with Crippen molar-refractivity contribution in [3.63, 3.8) is 0 Å². The summed E-state index contributed by atoms with van der Waals surface area (Å²) in [7, 11) is 0. The van der Waals surface area contributed by atoms with Gasteiger partial charge in [0, 0.05) is 36.2 Å². The van der Waals surface area contributed by atoms with Gasteiger partial charge in [0.05, 0.1) is 29.4 Å². The van der Waals surface area contributed by atoms with Gasteiger partial charge in [-0.1, -0.05) is 18.2 Å². The van der Waals surface area contributed by atoms with Crippen LogP contribution in [-0.4, -0.2) is 51.0 Å². The zero-order valence-electron chi connectivity index (χ0n) is 17.2. The number of hydrogen-bond donors (Lipinski definition) is 2. The summed E-state index contributed by atoms with van der Waals surface area (Å²) in [6, 6.07) is 9.02. The number of aromatic nitrogens is 1. The molecule has 0 radical (unpaired) electrons. The topological polar surface area (TPSA) is 152 Å². The standard InChI is InChI=1S/C22H21N3O7/c1-13-18(21(26)27)19(15-5-2-6-16(10-15)25(30)31)20(22(28)29)17(24-13)12-32-9-7-14-4-3-8-23-11-14/h2-6,8,10-11,18-19H,7,9,12H2,1H3,(H,26,27)(H,28,29). The van der Waals surface area contributed by atoms with E-state index in [0.717, 1.165) is 5.56 Å². The van der Waals surface area contributed by atoms with Crippen molar-refractivity contribution in [1.82, 2.24) is 4.98 Å². The number of nitro groups is 1. The lowest BCUT2D eigenvalue weighted by molar-refractivity contribution is -0.384. The zero-order valence-corrected chi connectivity index (χ0v) is 17.2. The van der Waals surface area contributed by atoms with Crippen LogP contribution >= 0.6 is 0 Å². The van der Waals surface area contributed by atoms with Crippen molar-refractivity contribution in [1.29, 1.82) is 0 Å². The number of pyridine rings is 1. The first-order valence-corrected chi connectivity index (χ1v) is 9.75. The highest BCUT2D eigenvalue weighted by Crippen LogP contribution is 2.40. The first-order chi connectivity index (χ1) is 15.3. The van der Waals surface area contributed by atoms with Crippen LogP contribution in [0.15, 0.2) is 65.1 Å². The average molecular weight is 439 g/mol. The summed E-state index contributed by atoms with van der Waals surface area (Å²) in [5, 5.41) is 30.9. The molecule has 1 aliphatic rings. The van der Waals surface area contributed by atoms with Crippen LogP contribution in [-0.2, 0) is 20.7 Å². The Kier molecular flexibility index (Phi) is 7.06. The smallest absolute Gasteiger partial charge is 0.334 e. The van der Waals surface area contributed by atoms with Crippen LogP contribution in [0.1, 0.15) is 24.0 Å². The Bertz CT molecular complexity index is 1100. The molecule has 10 heteroatoms. The third-order valence-electron chi connectivity index (χ3n) is 5.15. The maximum atomic E-state index is 12.2.